The van der Waals surface area contributed by atoms with Gasteiger partial charge in [-0.3, -0.25) is 4.90 Å². The van der Waals surface area contributed by atoms with Crippen LogP contribution >= 0.6 is 0 Å². The highest BCUT2D eigenvalue weighted by molar-refractivity contribution is 5.24. The lowest BCUT2D eigenvalue weighted by atomic mass is 10.1. The number of benzene rings is 1. The largest absolute Gasteiger partial charge is 0.373 e. The van der Waals surface area contributed by atoms with Crippen molar-refractivity contribution >= 4 is 0 Å². The predicted octanol–water partition coefficient (Wildman–Crippen LogP) is 2.32. The van der Waals surface area contributed by atoms with Gasteiger partial charge in [-0.25, -0.2) is 0 Å². The summed E-state index contributed by atoms with van der Waals surface area (Å²) >= 11 is 0. The van der Waals surface area contributed by atoms with E-state index in [0.717, 1.165) is 19.6 Å². The summed E-state index contributed by atoms with van der Waals surface area (Å²) in [5.41, 5.74) is 8.40. The molecule has 0 bridgehead atoms. The molecule has 0 aliphatic carbocycles. The first-order valence-electron chi connectivity index (χ1n) is 6.77. The fourth-order valence-corrected chi connectivity index (χ4v) is 2.60. The second kappa shape index (κ2) is 5.83. The Kier molecular flexibility index (Phi) is 4.38. The number of ether oxygens (including phenoxy) is 1. The second-order valence-corrected chi connectivity index (χ2v) is 5.48. The summed E-state index contributed by atoms with van der Waals surface area (Å²) in [5.74, 6) is 0. The van der Waals surface area contributed by atoms with Gasteiger partial charge in [-0.05, 0) is 31.9 Å². The molecule has 3 atom stereocenters. The van der Waals surface area contributed by atoms with E-state index in [1.807, 2.05) is 6.92 Å². The van der Waals surface area contributed by atoms with Crippen molar-refractivity contribution in [3.8, 4) is 0 Å². The molecule has 0 aromatic heterocycles. The van der Waals surface area contributed by atoms with Crippen LogP contribution in [0.15, 0.2) is 24.3 Å². The van der Waals surface area contributed by atoms with E-state index in [-0.39, 0.29) is 6.04 Å². The minimum Gasteiger partial charge on any atom is -0.373 e. The lowest BCUT2D eigenvalue weighted by molar-refractivity contribution is -0.0704. The summed E-state index contributed by atoms with van der Waals surface area (Å²) in [7, 11) is 0. The predicted molar refractivity (Wildman–Crippen MR) is 74.3 cm³/mol. The van der Waals surface area contributed by atoms with E-state index in [0.29, 0.717) is 12.2 Å². The topological polar surface area (TPSA) is 38.5 Å². The normalized spacial score (nSPS) is 27.1. The van der Waals surface area contributed by atoms with Gasteiger partial charge in [0, 0.05) is 25.7 Å². The zero-order valence-electron chi connectivity index (χ0n) is 11.6. The third-order valence-electron chi connectivity index (χ3n) is 3.41. The Morgan fingerprint density at radius 2 is 1.78 bits per heavy atom. The molecule has 2 rings (SSSR count). The Balaban J connectivity index is 1.96. The van der Waals surface area contributed by atoms with E-state index >= 15 is 0 Å². The van der Waals surface area contributed by atoms with Crippen molar-refractivity contribution in [2.75, 3.05) is 13.1 Å². The van der Waals surface area contributed by atoms with Crippen LogP contribution < -0.4 is 5.73 Å². The Morgan fingerprint density at radius 3 is 2.28 bits per heavy atom. The lowest BCUT2D eigenvalue weighted by Crippen LogP contribution is -2.44. The maximum atomic E-state index is 5.86. The molecule has 1 aromatic carbocycles. The highest BCUT2D eigenvalue weighted by atomic mass is 16.5. The van der Waals surface area contributed by atoms with Gasteiger partial charge in [0.05, 0.1) is 12.2 Å². The van der Waals surface area contributed by atoms with Gasteiger partial charge >= 0.3 is 0 Å². The standard InChI is InChI=1S/C15H24N2O/c1-11-8-17(9-12(2)18-11)10-14-4-6-15(7-5-14)13(3)16/h4-7,11-13H,8-10,16H2,1-3H3/t11-,12+,13-/m0/s1. The first-order valence-corrected chi connectivity index (χ1v) is 6.77. The molecule has 1 saturated heterocycles. The Bertz CT molecular complexity index is 365. The minimum absolute atomic E-state index is 0.113. The highest BCUT2D eigenvalue weighted by Crippen LogP contribution is 2.16. The fraction of sp³-hybridized carbons (Fsp3) is 0.600. The number of hydrogen-bond acceptors (Lipinski definition) is 3. The number of nitrogens with zero attached hydrogens (tertiary/aromatic N) is 1. The van der Waals surface area contributed by atoms with Crippen LogP contribution in [-0.4, -0.2) is 30.2 Å². The molecule has 1 heterocycles. The molecule has 0 unspecified atom stereocenters. The van der Waals surface area contributed by atoms with Crippen molar-refractivity contribution in [1.29, 1.82) is 0 Å². The maximum Gasteiger partial charge on any atom is 0.0678 e. The fourth-order valence-electron chi connectivity index (χ4n) is 2.60. The molecule has 1 aromatic rings. The molecule has 1 aliphatic rings. The van der Waals surface area contributed by atoms with Crippen LogP contribution in [0.3, 0.4) is 0 Å². The number of rotatable bonds is 3. The van der Waals surface area contributed by atoms with E-state index in [9.17, 15) is 0 Å². The zero-order chi connectivity index (χ0) is 13.1. The van der Waals surface area contributed by atoms with Gasteiger partial charge in [-0.15, -0.1) is 0 Å². The van der Waals surface area contributed by atoms with Crippen LogP contribution in [0.5, 0.6) is 0 Å². The summed E-state index contributed by atoms with van der Waals surface area (Å²) in [6.07, 6.45) is 0.661. The van der Waals surface area contributed by atoms with Crippen molar-refractivity contribution in [2.45, 2.75) is 45.6 Å². The molecule has 1 aliphatic heterocycles. The van der Waals surface area contributed by atoms with Gasteiger partial charge in [0.2, 0.25) is 0 Å². The van der Waals surface area contributed by atoms with Crippen LogP contribution in [0, 0.1) is 0 Å². The van der Waals surface area contributed by atoms with Gasteiger partial charge in [0.15, 0.2) is 0 Å². The Morgan fingerprint density at radius 1 is 1.22 bits per heavy atom. The first kappa shape index (κ1) is 13.5. The van der Waals surface area contributed by atoms with Gasteiger partial charge in [-0.2, -0.15) is 0 Å². The van der Waals surface area contributed by atoms with Crippen LogP contribution in [0.1, 0.15) is 37.9 Å². The third-order valence-corrected chi connectivity index (χ3v) is 3.41. The van der Waals surface area contributed by atoms with E-state index in [1.54, 1.807) is 0 Å². The Labute approximate surface area is 110 Å². The SMILES string of the molecule is C[C@@H]1CN(Cc2ccc([C@H](C)N)cc2)C[C@H](C)O1. The molecule has 3 nitrogen and oxygen atoms in total. The highest BCUT2D eigenvalue weighted by Gasteiger charge is 2.21. The van der Waals surface area contributed by atoms with Crippen LogP contribution in [-0.2, 0) is 11.3 Å². The van der Waals surface area contributed by atoms with Crippen molar-refractivity contribution < 1.29 is 4.74 Å². The summed E-state index contributed by atoms with van der Waals surface area (Å²) in [4.78, 5) is 2.46. The molecule has 3 heteroatoms. The molecule has 100 valence electrons. The van der Waals surface area contributed by atoms with Crippen LogP contribution in [0.4, 0.5) is 0 Å². The van der Waals surface area contributed by atoms with E-state index in [4.69, 9.17) is 10.5 Å². The van der Waals surface area contributed by atoms with Gasteiger partial charge < -0.3 is 10.5 Å². The molecule has 1 fully saturated rings. The van der Waals surface area contributed by atoms with Crippen molar-refractivity contribution in [2.24, 2.45) is 5.73 Å². The summed E-state index contributed by atoms with van der Waals surface area (Å²) < 4.78 is 5.75. The second-order valence-electron chi connectivity index (χ2n) is 5.48. The quantitative estimate of drug-likeness (QED) is 0.892. The van der Waals surface area contributed by atoms with Gasteiger partial charge in [0.1, 0.15) is 0 Å². The lowest BCUT2D eigenvalue weighted by Gasteiger charge is -2.35. The molecule has 0 radical (unpaired) electrons. The average Bonchev–Trinajstić information content (AvgIpc) is 2.28. The molecule has 0 spiro atoms. The maximum absolute atomic E-state index is 5.86. The summed E-state index contributed by atoms with van der Waals surface area (Å²) in [6.45, 7) is 9.32. The third kappa shape index (κ3) is 3.55. The van der Waals surface area contributed by atoms with Crippen LogP contribution in [0.25, 0.3) is 0 Å². The summed E-state index contributed by atoms with van der Waals surface area (Å²) in [5, 5.41) is 0. The molecular formula is C15H24N2O. The van der Waals surface area contributed by atoms with Crippen molar-refractivity contribution in [1.82, 2.24) is 4.90 Å². The molecule has 0 saturated carbocycles. The number of nitrogens with two attached hydrogens (primary N) is 1. The number of hydrogen-bond donors (Lipinski definition) is 1. The monoisotopic (exact) mass is 248 g/mol. The van der Waals surface area contributed by atoms with E-state index < -0.39 is 0 Å². The number of morpholine rings is 1. The molecule has 18 heavy (non-hydrogen) atoms. The average molecular weight is 248 g/mol. The van der Waals surface area contributed by atoms with Gasteiger partial charge in [0.25, 0.3) is 0 Å². The molecule has 2 N–H and O–H groups in total. The molecular weight excluding hydrogens is 224 g/mol. The minimum atomic E-state index is 0.113. The summed E-state index contributed by atoms with van der Waals surface area (Å²) in [6, 6.07) is 8.75. The van der Waals surface area contributed by atoms with Gasteiger partial charge in [-0.1, -0.05) is 24.3 Å². The van der Waals surface area contributed by atoms with E-state index in [2.05, 4.69) is 43.0 Å². The van der Waals surface area contributed by atoms with Crippen molar-refractivity contribution in [3.05, 3.63) is 35.4 Å². The smallest absolute Gasteiger partial charge is 0.0678 e. The van der Waals surface area contributed by atoms with E-state index in [1.165, 1.54) is 11.1 Å². The van der Waals surface area contributed by atoms with Crippen LogP contribution in [0.2, 0.25) is 0 Å². The zero-order valence-corrected chi connectivity index (χ0v) is 11.6. The molecule has 0 amide bonds. The van der Waals surface area contributed by atoms with Crippen molar-refractivity contribution in [3.63, 3.8) is 0 Å². The Hall–Kier alpha value is -0.900. The first-order chi connectivity index (χ1) is 8.54.